The highest BCUT2D eigenvalue weighted by Crippen LogP contribution is 2.43. The number of hydrogen-bond acceptors (Lipinski definition) is 10. The summed E-state index contributed by atoms with van der Waals surface area (Å²) in [7, 11) is 0. The lowest BCUT2D eigenvalue weighted by Gasteiger charge is -2.78. The monoisotopic (exact) mass is 164 g/mol. The predicted octanol–water partition coefficient (Wildman–Crippen LogP) is -1.48. The lowest BCUT2D eigenvalue weighted by Crippen LogP contribution is -2.87. The van der Waals surface area contributed by atoms with Crippen LogP contribution in [-0.4, -0.2) is 26.8 Å². The fourth-order valence-electron chi connectivity index (χ4n) is 0.688. The maximum Gasteiger partial charge on any atom is 0.241 e. The Morgan fingerprint density at radius 2 is 1.00 bits per heavy atom. The molecule has 64 valence electrons. The number of hydroxylamine groups is 8. The summed E-state index contributed by atoms with van der Waals surface area (Å²) < 4.78 is 0. The SMILES string of the molecule is [O-]N1ON([O-])C12N([O-])ON2[O-]. The van der Waals surface area contributed by atoms with Gasteiger partial charge in [-0.3, -0.25) is 0 Å². The Bertz CT molecular complexity index is 146. The van der Waals surface area contributed by atoms with Crippen LogP contribution in [0.15, 0.2) is 0 Å². The molecule has 0 saturated carbocycles. The third-order valence-corrected chi connectivity index (χ3v) is 1.28. The molecule has 0 radical (unpaired) electrons. The van der Waals surface area contributed by atoms with Crippen LogP contribution in [-0.2, 0) is 9.88 Å². The van der Waals surface area contributed by atoms with E-state index in [1.54, 1.807) is 0 Å². The summed E-state index contributed by atoms with van der Waals surface area (Å²) in [6.07, 6.45) is 0. The molecule has 10 heteroatoms. The fraction of sp³-hybridized carbons (Fsp3) is 1.00. The van der Waals surface area contributed by atoms with Crippen LogP contribution < -0.4 is 0 Å². The van der Waals surface area contributed by atoms with Gasteiger partial charge in [-0.25, -0.2) is 9.88 Å². The molecule has 0 unspecified atom stereocenters. The first kappa shape index (κ1) is 7.26. The van der Waals surface area contributed by atoms with Crippen LogP contribution in [0, 0.1) is 20.8 Å². The predicted molar refractivity (Wildman–Crippen MR) is 25.7 cm³/mol. The Labute approximate surface area is 58.8 Å². The molecule has 10 nitrogen and oxygen atoms in total. The molecule has 0 atom stereocenters. The maximum atomic E-state index is 10.4. The molecule has 0 bridgehead atoms. The third kappa shape index (κ3) is 0.555. The Kier molecular flexibility index (Phi) is 1.22. The van der Waals surface area contributed by atoms with Gasteiger partial charge in [0.2, 0.25) is 5.91 Å². The quantitative estimate of drug-likeness (QED) is 0.418. The van der Waals surface area contributed by atoms with Gasteiger partial charge >= 0.3 is 0 Å². The van der Waals surface area contributed by atoms with Crippen molar-refractivity contribution in [2.75, 3.05) is 0 Å². The van der Waals surface area contributed by atoms with Crippen molar-refractivity contribution in [1.29, 1.82) is 0 Å². The van der Waals surface area contributed by atoms with Gasteiger partial charge in [0.1, 0.15) is 0 Å². The largest absolute Gasteiger partial charge is 0.757 e. The molecular weight excluding hydrogens is 164 g/mol. The lowest BCUT2D eigenvalue weighted by molar-refractivity contribution is -0.695. The van der Waals surface area contributed by atoms with E-state index >= 15 is 0 Å². The van der Waals surface area contributed by atoms with Crippen LogP contribution >= 0.6 is 0 Å². The first-order chi connectivity index (χ1) is 5.10. The maximum absolute atomic E-state index is 10.4. The summed E-state index contributed by atoms with van der Waals surface area (Å²) in [6, 6.07) is 0. The minimum absolute atomic E-state index is 0.469. The molecule has 2 aliphatic heterocycles. The van der Waals surface area contributed by atoms with E-state index in [0.29, 0.717) is 0 Å². The zero-order valence-corrected chi connectivity index (χ0v) is 4.74. The molecule has 0 aromatic carbocycles. The highest BCUT2D eigenvalue weighted by Gasteiger charge is 2.56. The summed E-state index contributed by atoms with van der Waals surface area (Å²) >= 11 is 0. The van der Waals surface area contributed by atoms with E-state index in [2.05, 4.69) is 9.88 Å². The molecule has 1 spiro atoms. The molecule has 2 fully saturated rings. The third-order valence-electron chi connectivity index (χ3n) is 1.28. The topological polar surface area (TPSA) is 124 Å². The molecule has 0 aliphatic carbocycles. The molecule has 2 aliphatic rings. The molecule has 0 amide bonds. The van der Waals surface area contributed by atoms with Crippen LogP contribution in [0.3, 0.4) is 0 Å². The van der Waals surface area contributed by atoms with Gasteiger partial charge in [0.25, 0.3) is 0 Å². The summed E-state index contributed by atoms with van der Waals surface area (Å²) in [6.45, 7) is 0. The summed E-state index contributed by atoms with van der Waals surface area (Å²) in [5, 5.41) is 39.5. The van der Waals surface area contributed by atoms with E-state index in [1.807, 2.05) is 0 Å². The molecule has 0 aromatic rings. The van der Waals surface area contributed by atoms with E-state index in [9.17, 15) is 20.8 Å². The van der Waals surface area contributed by atoms with Gasteiger partial charge in [-0.1, -0.05) is 0 Å². The van der Waals surface area contributed by atoms with Gasteiger partial charge in [-0.15, -0.1) is 0 Å². The molecule has 0 aromatic heterocycles. The van der Waals surface area contributed by atoms with Crippen LogP contribution in [0.25, 0.3) is 0 Å². The highest BCUT2D eigenvalue weighted by atomic mass is 17.2. The highest BCUT2D eigenvalue weighted by molar-refractivity contribution is 4.89. The van der Waals surface area contributed by atoms with E-state index in [0.717, 1.165) is 0 Å². The van der Waals surface area contributed by atoms with Crippen LogP contribution in [0.1, 0.15) is 0 Å². The minimum Gasteiger partial charge on any atom is -0.757 e. The van der Waals surface area contributed by atoms with Crippen LogP contribution in [0.2, 0.25) is 0 Å². The lowest BCUT2D eigenvalue weighted by atomic mass is 10.6. The van der Waals surface area contributed by atoms with Crippen molar-refractivity contribution in [2.45, 2.75) is 5.91 Å². The average molecular weight is 164 g/mol. The zero-order chi connectivity index (χ0) is 8.22. The first-order valence-corrected chi connectivity index (χ1v) is 2.36. The van der Waals surface area contributed by atoms with Crippen LogP contribution in [0.4, 0.5) is 0 Å². The standard InChI is InChI=1S/CN4O6/c6-2-1(3(7)10-2)4(8)11-5(1)9/q-4. The number of rotatable bonds is 0. The van der Waals surface area contributed by atoms with Gasteiger partial charge in [-0.05, 0) is 0 Å². The van der Waals surface area contributed by atoms with E-state index in [-0.39, 0.29) is 0 Å². The Hall–Kier alpha value is -0.400. The zero-order valence-electron chi connectivity index (χ0n) is 4.74. The summed E-state index contributed by atoms with van der Waals surface area (Å²) in [5.74, 6) is -2.56. The summed E-state index contributed by atoms with van der Waals surface area (Å²) in [5.41, 5.74) is 0. The van der Waals surface area contributed by atoms with Crippen molar-refractivity contribution in [3.05, 3.63) is 20.8 Å². The van der Waals surface area contributed by atoms with Crippen molar-refractivity contribution in [3.8, 4) is 0 Å². The molecule has 2 rings (SSSR count). The second-order valence-electron chi connectivity index (χ2n) is 1.79. The van der Waals surface area contributed by atoms with E-state index in [1.165, 1.54) is 0 Å². The van der Waals surface area contributed by atoms with Gasteiger partial charge in [0, 0.05) is 0 Å². The van der Waals surface area contributed by atoms with Crippen molar-refractivity contribution >= 4 is 0 Å². The van der Waals surface area contributed by atoms with Crippen molar-refractivity contribution < 1.29 is 9.88 Å². The second-order valence-corrected chi connectivity index (χ2v) is 1.79. The number of nitrogens with zero attached hydrogens (tertiary/aromatic N) is 4. The molecule has 2 saturated heterocycles. The smallest absolute Gasteiger partial charge is 0.241 e. The molecule has 0 N–H and O–H groups in total. The Balaban J connectivity index is 2.20. The Morgan fingerprint density at radius 3 is 1.09 bits per heavy atom. The van der Waals surface area contributed by atoms with Gasteiger partial charge in [-0.2, -0.15) is 20.9 Å². The molecule has 11 heavy (non-hydrogen) atoms. The van der Waals surface area contributed by atoms with Crippen molar-refractivity contribution in [1.82, 2.24) is 20.9 Å². The van der Waals surface area contributed by atoms with E-state index in [4.69, 9.17) is 0 Å². The normalized spacial score (nSPS) is 33.8. The van der Waals surface area contributed by atoms with Crippen molar-refractivity contribution in [2.24, 2.45) is 0 Å². The van der Waals surface area contributed by atoms with Gasteiger partial charge in [0.15, 0.2) is 0 Å². The molecular formula is CN4O6-4. The van der Waals surface area contributed by atoms with Gasteiger partial charge in [0.05, 0.1) is 0 Å². The van der Waals surface area contributed by atoms with Crippen molar-refractivity contribution in [3.63, 3.8) is 0 Å². The second kappa shape index (κ2) is 1.85. The minimum atomic E-state index is -2.56. The Morgan fingerprint density at radius 1 is 0.727 bits per heavy atom. The van der Waals surface area contributed by atoms with E-state index < -0.39 is 26.8 Å². The summed E-state index contributed by atoms with van der Waals surface area (Å²) in [4.78, 5) is 7.26. The van der Waals surface area contributed by atoms with Gasteiger partial charge < -0.3 is 20.8 Å². The van der Waals surface area contributed by atoms with Crippen LogP contribution in [0.5, 0.6) is 0 Å². The molecule has 2 heterocycles. The fourth-order valence-corrected chi connectivity index (χ4v) is 0.688. The first-order valence-electron chi connectivity index (χ1n) is 2.36. The number of hydrogen-bond donors (Lipinski definition) is 0. The average Bonchev–Trinajstić information content (AvgIpc) is 1.86.